The molecule has 3 aromatic rings. The third-order valence-electron chi connectivity index (χ3n) is 5.92. The van der Waals surface area contributed by atoms with Gasteiger partial charge in [0.1, 0.15) is 5.56 Å². The fourth-order valence-electron chi connectivity index (χ4n) is 4.27. The summed E-state index contributed by atoms with van der Waals surface area (Å²) in [6.07, 6.45) is 0. The summed E-state index contributed by atoms with van der Waals surface area (Å²) in [5, 5.41) is 4.18. The molecule has 2 aromatic heterocycles. The van der Waals surface area contributed by atoms with E-state index in [1.807, 2.05) is 51.6 Å². The largest absolute Gasteiger partial charge is 0.462 e. The standard InChI is InChI=1S/C24H29N5O4S/c1-3-33-24(32)20-21(27-11-13-28(14-12-27)22(30)19-9-6-16-34-19)17-7-4-5-8-18(17)29(23(20)31)15-10-26(2)25/h4-9,16H,3,10-15,25H2,1-2H3. The first-order valence-electron chi connectivity index (χ1n) is 11.3. The highest BCUT2D eigenvalue weighted by Crippen LogP contribution is 2.31. The number of hydrogen-bond acceptors (Lipinski definition) is 8. The molecule has 180 valence electrons. The molecule has 9 nitrogen and oxygen atoms in total. The van der Waals surface area contributed by atoms with E-state index in [0.29, 0.717) is 49.8 Å². The average molecular weight is 484 g/mol. The summed E-state index contributed by atoms with van der Waals surface area (Å²) >= 11 is 1.42. The van der Waals surface area contributed by atoms with Gasteiger partial charge in [0.2, 0.25) is 0 Å². The van der Waals surface area contributed by atoms with Crippen LogP contribution in [0.15, 0.2) is 46.6 Å². The second-order valence-corrected chi connectivity index (χ2v) is 9.10. The van der Waals surface area contributed by atoms with Crippen molar-refractivity contribution in [2.24, 2.45) is 5.84 Å². The summed E-state index contributed by atoms with van der Waals surface area (Å²) in [5.74, 6) is 5.15. The molecule has 0 radical (unpaired) electrons. The molecule has 0 bridgehead atoms. The number of carbonyl (C=O) groups excluding carboxylic acids is 2. The highest BCUT2D eigenvalue weighted by molar-refractivity contribution is 7.12. The van der Waals surface area contributed by atoms with Crippen LogP contribution in [0.1, 0.15) is 27.0 Å². The first-order valence-corrected chi connectivity index (χ1v) is 12.2. The van der Waals surface area contributed by atoms with E-state index in [1.54, 1.807) is 18.5 Å². The number of para-hydroxylation sites is 1. The van der Waals surface area contributed by atoms with Crippen LogP contribution in [0.25, 0.3) is 10.9 Å². The van der Waals surface area contributed by atoms with Crippen LogP contribution < -0.4 is 16.3 Å². The summed E-state index contributed by atoms with van der Waals surface area (Å²) < 4.78 is 6.89. The minimum absolute atomic E-state index is 0.00597. The Bertz CT molecular complexity index is 1230. The van der Waals surface area contributed by atoms with Crippen molar-refractivity contribution >= 4 is 39.8 Å². The lowest BCUT2D eigenvalue weighted by molar-refractivity contribution is 0.0523. The summed E-state index contributed by atoms with van der Waals surface area (Å²) in [7, 11) is 1.73. The number of nitrogens with two attached hydrogens (primary N) is 1. The minimum atomic E-state index is -0.639. The summed E-state index contributed by atoms with van der Waals surface area (Å²) in [6.45, 7) is 4.65. The maximum Gasteiger partial charge on any atom is 0.345 e. The number of piperazine rings is 1. The van der Waals surface area contributed by atoms with Crippen LogP contribution in [-0.2, 0) is 11.3 Å². The highest BCUT2D eigenvalue weighted by Gasteiger charge is 2.30. The number of likely N-dealkylation sites (N-methyl/N-ethyl adjacent to an activating group) is 1. The van der Waals surface area contributed by atoms with E-state index < -0.39 is 11.5 Å². The van der Waals surface area contributed by atoms with E-state index in [-0.39, 0.29) is 18.1 Å². The van der Waals surface area contributed by atoms with Crippen LogP contribution in [-0.4, -0.2) is 72.7 Å². The zero-order chi connectivity index (χ0) is 24.2. The molecule has 1 aliphatic heterocycles. The van der Waals surface area contributed by atoms with Crippen molar-refractivity contribution in [1.29, 1.82) is 0 Å². The van der Waals surface area contributed by atoms with Gasteiger partial charge >= 0.3 is 5.97 Å². The maximum absolute atomic E-state index is 13.6. The molecule has 0 aliphatic carbocycles. The van der Waals surface area contributed by atoms with Crippen molar-refractivity contribution in [3.05, 3.63) is 62.6 Å². The minimum Gasteiger partial charge on any atom is -0.462 e. The van der Waals surface area contributed by atoms with Gasteiger partial charge in [-0.1, -0.05) is 24.3 Å². The molecule has 0 unspecified atom stereocenters. The fourth-order valence-corrected chi connectivity index (χ4v) is 4.97. The number of hydrazine groups is 1. The number of benzene rings is 1. The number of ether oxygens (including phenoxy) is 1. The molecule has 10 heteroatoms. The molecule has 1 aromatic carbocycles. The average Bonchev–Trinajstić information content (AvgIpc) is 3.37. The Labute approximate surface area is 201 Å². The molecular formula is C24H29N5O4S. The van der Waals surface area contributed by atoms with Gasteiger partial charge in [0.25, 0.3) is 11.5 Å². The first-order chi connectivity index (χ1) is 16.4. The number of aromatic nitrogens is 1. The van der Waals surface area contributed by atoms with Crippen molar-refractivity contribution in [3.8, 4) is 0 Å². The van der Waals surface area contributed by atoms with Crippen LogP contribution in [0.4, 0.5) is 5.69 Å². The molecule has 0 saturated carbocycles. The second kappa shape index (κ2) is 10.4. The number of fused-ring (bicyclic) bond motifs is 1. The SMILES string of the molecule is CCOC(=O)c1c(N2CCN(C(=O)c3cccs3)CC2)c2ccccc2n(CCN(C)N)c1=O. The van der Waals surface area contributed by atoms with E-state index in [1.165, 1.54) is 16.3 Å². The number of hydrogen-bond donors (Lipinski definition) is 1. The molecule has 4 rings (SSSR count). The Morgan fingerprint density at radius 2 is 1.85 bits per heavy atom. The van der Waals surface area contributed by atoms with Gasteiger partial charge in [-0.25, -0.2) is 9.80 Å². The number of carbonyl (C=O) groups is 2. The summed E-state index contributed by atoms with van der Waals surface area (Å²) in [5.41, 5.74) is 0.929. The zero-order valence-electron chi connectivity index (χ0n) is 19.4. The van der Waals surface area contributed by atoms with Crippen LogP contribution in [0.3, 0.4) is 0 Å². The van der Waals surface area contributed by atoms with Crippen LogP contribution >= 0.6 is 11.3 Å². The molecule has 3 heterocycles. The van der Waals surface area contributed by atoms with Crippen molar-refractivity contribution in [2.45, 2.75) is 13.5 Å². The van der Waals surface area contributed by atoms with Gasteiger partial charge in [0, 0.05) is 51.7 Å². The smallest absolute Gasteiger partial charge is 0.345 e. The number of rotatable bonds is 7. The number of thiophene rings is 1. The fraction of sp³-hybridized carbons (Fsp3) is 0.375. The molecule has 1 saturated heterocycles. The monoisotopic (exact) mass is 483 g/mol. The normalized spacial score (nSPS) is 14.1. The van der Waals surface area contributed by atoms with Gasteiger partial charge in [0.05, 0.1) is 22.7 Å². The number of anilines is 1. The van der Waals surface area contributed by atoms with Gasteiger partial charge < -0.3 is 19.1 Å². The summed E-state index contributed by atoms with van der Waals surface area (Å²) in [6, 6.07) is 11.2. The van der Waals surface area contributed by atoms with E-state index in [0.717, 1.165) is 10.9 Å². The van der Waals surface area contributed by atoms with Crippen molar-refractivity contribution in [1.82, 2.24) is 14.5 Å². The molecule has 34 heavy (non-hydrogen) atoms. The van der Waals surface area contributed by atoms with E-state index in [9.17, 15) is 14.4 Å². The predicted molar refractivity (Wildman–Crippen MR) is 133 cm³/mol. The number of amides is 1. The van der Waals surface area contributed by atoms with Gasteiger partial charge in [-0.2, -0.15) is 0 Å². The predicted octanol–water partition coefficient (Wildman–Crippen LogP) is 2.01. The van der Waals surface area contributed by atoms with Crippen molar-refractivity contribution < 1.29 is 14.3 Å². The lowest BCUT2D eigenvalue weighted by Crippen LogP contribution is -2.49. The molecule has 1 amide bonds. The van der Waals surface area contributed by atoms with Crippen molar-refractivity contribution in [3.63, 3.8) is 0 Å². The lowest BCUT2D eigenvalue weighted by atomic mass is 10.1. The zero-order valence-corrected chi connectivity index (χ0v) is 20.2. The van der Waals surface area contributed by atoms with E-state index in [2.05, 4.69) is 0 Å². The third-order valence-corrected chi connectivity index (χ3v) is 6.77. The van der Waals surface area contributed by atoms with E-state index >= 15 is 0 Å². The lowest BCUT2D eigenvalue weighted by Gasteiger charge is -2.37. The Kier molecular flexibility index (Phi) is 7.30. The second-order valence-electron chi connectivity index (χ2n) is 8.16. The highest BCUT2D eigenvalue weighted by atomic mass is 32.1. The molecule has 1 aliphatic rings. The van der Waals surface area contributed by atoms with E-state index in [4.69, 9.17) is 10.6 Å². The Morgan fingerprint density at radius 1 is 1.12 bits per heavy atom. The first kappa shape index (κ1) is 23.9. The Morgan fingerprint density at radius 3 is 2.50 bits per heavy atom. The molecular weight excluding hydrogens is 454 g/mol. The number of nitrogens with zero attached hydrogens (tertiary/aromatic N) is 4. The quantitative estimate of drug-likeness (QED) is 0.312. The maximum atomic E-state index is 13.6. The number of esters is 1. The molecule has 1 fully saturated rings. The molecule has 2 N–H and O–H groups in total. The Hall–Kier alpha value is -3.21. The topological polar surface area (TPSA) is 101 Å². The molecule has 0 spiro atoms. The van der Waals surface area contributed by atoms with Gasteiger partial charge in [-0.05, 0) is 24.4 Å². The van der Waals surface area contributed by atoms with Crippen LogP contribution in [0, 0.1) is 0 Å². The van der Waals surface area contributed by atoms with Gasteiger partial charge in [0.15, 0.2) is 0 Å². The third kappa shape index (κ3) is 4.70. The van der Waals surface area contributed by atoms with Crippen LogP contribution in [0.5, 0.6) is 0 Å². The Balaban J connectivity index is 1.75. The van der Waals surface area contributed by atoms with Gasteiger partial charge in [-0.15, -0.1) is 11.3 Å². The molecule has 0 atom stereocenters. The summed E-state index contributed by atoms with van der Waals surface area (Å²) in [4.78, 5) is 44.0. The van der Waals surface area contributed by atoms with Crippen LogP contribution in [0.2, 0.25) is 0 Å². The van der Waals surface area contributed by atoms with Crippen molar-refractivity contribution in [2.75, 3.05) is 51.3 Å². The number of pyridine rings is 1. The van der Waals surface area contributed by atoms with Gasteiger partial charge in [-0.3, -0.25) is 15.4 Å².